The van der Waals surface area contributed by atoms with E-state index in [4.69, 9.17) is 14.2 Å². The van der Waals surface area contributed by atoms with Gasteiger partial charge in [0.05, 0.1) is 13.7 Å². The molecule has 3 rings (SSSR count). The van der Waals surface area contributed by atoms with Gasteiger partial charge in [0.2, 0.25) is 0 Å². The number of nitrogens with one attached hydrogen (secondary N) is 1. The molecule has 1 N–H and O–H groups in total. The van der Waals surface area contributed by atoms with E-state index in [-0.39, 0.29) is 12.2 Å². The minimum atomic E-state index is -0.186. The first kappa shape index (κ1) is 16.8. The van der Waals surface area contributed by atoms with E-state index in [1.54, 1.807) is 7.11 Å². The fourth-order valence-electron chi connectivity index (χ4n) is 2.99. The van der Waals surface area contributed by atoms with Crippen molar-refractivity contribution >= 4 is 0 Å². The van der Waals surface area contributed by atoms with Gasteiger partial charge in [-0.3, -0.25) is 0 Å². The summed E-state index contributed by atoms with van der Waals surface area (Å²) in [5.74, 6) is 1.49. The van der Waals surface area contributed by atoms with Gasteiger partial charge in [-0.25, -0.2) is 0 Å². The van der Waals surface area contributed by atoms with E-state index in [1.807, 2.05) is 25.1 Å². The van der Waals surface area contributed by atoms with Gasteiger partial charge >= 0.3 is 0 Å². The summed E-state index contributed by atoms with van der Waals surface area (Å²) in [4.78, 5) is 0. The van der Waals surface area contributed by atoms with Crippen LogP contribution in [0.15, 0.2) is 42.5 Å². The number of ether oxygens (including phenoxy) is 3. The third kappa shape index (κ3) is 3.89. The predicted octanol–water partition coefficient (Wildman–Crippen LogP) is 3.42. The molecule has 2 aromatic rings. The third-order valence-corrected chi connectivity index (χ3v) is 4.24. The summed E-state index contributed by atoms with van der Waals surface area (Å²) in [5.41, 5.74) is 3.47. The molecule has 0 aliphatic carbocycles. The highest BCUT2D eigenvalue weighted by atomic mass is 16.6. The van der Waals surface area contributed by atoms with E-state index >= 15 is 0 Å². The zero-order valence-corrected chi connectivity index (χ0v) is 14.5. The van der Waals surface area contributed by atoms with E-state index in [9.17, 15) is 0 Å². The van der Waals surface area contributed by atoms with Crippen molar-refractivity contribution in [2.24, 2.45) is 0 Å². The van der Waals surface area contributed by atoms with Crippen molar-refractivity contribution < 1.29 is 14.2 Å². The Kier molecular flexibility index (Phi) is 5.38. The molecular weight excluding hydrogens is 302 g/mol. The van der Waals surface area contributed by atoms with Crippen molar-refractivity contribution in [2.45, 2.75) is 26.1 Å². The maximum Gasteiger partial charge on any atom is 0.162 e. The second kappa shape index (κ2) is 7.69. The van der Waals surface area contributed by atoms with Crippen LogP contribution in [-0.2, 0) is 4.74 Å². The molecule has 0 saturated carbocycles. The molecule has 1 saturated heterocycles. The Morgan fingerprint density at radius 2 is 1.92 bits per heavy atom. The lowest BCUT2D eigenvalue weighted by atomic mass is 10.0. The zero-order valence-electron chi connectivity index (χ0n) is 14.5. The lowest BCUT2D eigenvalue weighted by molar-refractivity contribution is -0.0438. The molecule has 0 radical (unpaired) electrons. The molecule has 128 valence electrons. The summed E-state index contributed by atoms with van der Waals surface area (Å²) in [6, 6.07) is 14.4. The monoisotopic (exact) mass is 327 g/mol. The van der Waals surface area contributed by atoms with Crippen molar-refractivity contribution in [3.63, 3.8) is 0 Å². The number of morpholine rings is 1. The van der Waals surface area contributed by atoms with E-state index < -0.39 is 0 Å². The van der Waals surface area contributed by atoms with E-state index in [2.05, 4.69) is 36.5 Å². The third-order valence-electron chi connectivity index (χ3n) is 4.24. The first-order valence-electron chi connectivity index (χ1n) is 8.37. The number of rotatable bonds is 5. The molecule has 4 heteroatoms. The first-order valence-corrected chi connectivity index (χ1v) is 8.37. The largest absolute Gasteiger partial charge is 0.493 e. The Morgan fingerprint density at radius 1 is 1.08 bits per heavy atom. The Labute approximate surface area is 143 Å². The summed E-state index contributed by atoms with van der Waals surface area (Å²) in [5, 5.41) is 3.39. The number of hydrogen-bond acceptors (Lipinski definition) is 4. The SMILES string of the molecule is COc1cc(C)ccc1OC(c1cccc(C)c1)C1CNCCO1. The van der Waals surface area contributed by atoms with Crippen molar-refractivity contribution in [3.8, 4) is 11.5 Å². The van der Waals surface area contributed by atoms with Crippen LogP contribution < -0.4 is 14.8 Å². The number of methoxy groups -OCH3 is 1. The molecule has 0 bridgehead atoms. The van der Waals surface area contributed by atoms with Crippen LogP contribution >= 0.6 is 0 Å². The Morgan fingerprint density at radius 3 is 2.62 bits per heavy atom. The van der Waals surface area contributed by atoms with Crippen LogP contribution in [0.5, 0.6) is 11.5 Å². The van der Waals surface area contributed by atoms with Gasteiger partial charge in [0.1, 0.15) is 6.10 Å². The van der Waals surface area contributed by atoms with Crippen LogP contribution in [0.1, 0.15) is 22.8 Å². The van der Waals surface area contributed by atoms with Gasteiger partial charge in [-0.2, -0.15) is 0 Å². The zero-order chi connectivity index (χ0) is 16.9. The lowest BCUT2D eigenvalue weighted by Gasteiger charge is -2.32. The molecule has 4 nitrogen and oxygen atoms in total. The van der Waals surface area contributed by atoms with Gasteiger partial charge in [0.25, 0.3) is 0 Å². The molecule has 1 heterocycles. The Hall–Kier alpha value is -2.04. The topological polar surface area (TPSA) is 39.7 Å². The molecule has 0 amide bonds. The highest BCUT2D eigenvalue weighted by Crippen LogP contribution is 2.34. The molecule has 1 aliphatic heterocycles. The highest BCUT2D eigenvalue weighted by Gasteiger charge is 2.28. The molecule has 2 aromatic carbocycles. The summed E-state index contributed by atoms with van der Waals surface area (Å²) in [6.45, 7) is 6.48. The van der Waals surface area contributed by atoms with Crippen molar-refractivity contribution in [3.05, 3.63) is 59.2 Å². The minimum absolute atomic E-state index is 0.0356. The normalized spacial score (nSPS) is 18.9. The smallest absolute Gasteiger partial charge is 0.162 e. The molecule has 2 unspecified atom stereocenters. The number of aryl methyl sites for hydroxylation is 2. The summed E-state index contributed by atoms with van der Waals surface area (Å²) >= 11 is 0. The number of benzene rings is 2. The predicted molar refractivity (Wildman–Crippen MR) is 94.9 cm³/mol. The minimum Gasteiger partial charge on any atom is -0.493 e. The fourth-order valence-corrected chi connectivity index (χ4v) is 2.99. The summed E-state index contributed by atoms with van der Waals surface area (Å²) in [6.07, 6.45) is -0.221. The van der Waals surface area contributed by atoms with Crippen LogP contribution in [0, 0.1) is 13.8 Å². The molecule has 0 aromatic heterocycles. The summed E-state index contributed by atoms with van der Waals surface area (Å²) in [7, 11) is 1.67. The average Bonchev–Trinajstić information content (AvgIpc) is 2.61. The summed E-state index contributed by atoms with van der Waals surface area (Å²) < 4.78 is 17.9. The van der Waals surface area contributed by atoms with Crippen LogP contribution in [-0.4, -0.2) is 32.9 Å². The second-order valence-corrected chi connectivity index (χ2v) is 6.22. The maximum absolute atomic E-state index is 6.38. The standard InChI is InChI=1S/C20H25NO3/c1-14-5-4-6-16(11-14)20(19-13-21-9-10-23-19)24-17-8-7-15(2)12-18(17)22-3/h4-8,11-12,19-21H,9-10,13H2,1-3H3. The van der Waals surface area contributed by atoms with Gasteiger partial charge in [0, 0.05) is 13.1 Å². The van der Waals surface area contributed by atoms with Crippen LogP contribution in [0.25, 0.3) is 0 Å². The molecule has 0 spiro atoms. The van der Waals surface area contributed by atoms with Gasteiger partial charge in [-0.1, -0.05) is 35.9 Å². The molecule has 1 aliphatic rings. The number of hydrogen-bond donors (Lipinski definition) is 1. The van der Waals surface area contributed by atoms with Crippen molar-refractivity contribution in [2.75, 3.05) is 26.8 Å². The molecule has 2 atom stereocenters. The van der Waals surface area contributed by atoms with E-state index in [1.165, 1.54) is 5.56 Å². The van der Waals surface area contributed by atoms with Crippen molar-refractivity contribution in [1.29, 1.82) is 0 Å². The van der Waals surface area contributed by atoms with Gasteiger partial charge in [0.15, 0.2) is 17.6 Å². The molecule has 24 heavy (non-hydrogen) atoms. The van der Waals surface area contributed by atoms with Gasteiger partial charge in [-0.05, 0) is 37.1 Å². The molecule has 1 fully saturated rings. The van der Waals surface area contributed by atoms with Crippen molar-refractivity contribution in [1.82, 2.24) is 5.32 Å². The second-order valence-electron chi connectivity index (χ2n) is 6.22. The first-order chi connectivity index (χ1) is 11.7. The van der Waals surface area contributed by atoms with E-state index in [0.29, 0.717) is 6.61 Å². The Bertz CT molecular complexity index is 680. The quantitative estimate of drug-likeness (QED) is 0.913. The van der Waals surface area contributed by atoms with Crippen LogP contribution in [0.2, 0.25) is 0 Å². The maximum atomic E-state index is 6.38. The van der Waals surface area contributed by atoms with Crippen LogP contribution in [0.4, 0.5) is 0 Å². The fraction of sp³-hybridized carbons (Fsp3) is 0.400. The highest BCUT2D eigenvalue weighted by molar-refractivity contribution is 5.43. The van der Waals surface area contributed by atoms with Crippen LogP contribution in [0.3, 0.4) is 0 Å². The molecular formula is C20H25NO3. The lowest BCUT2D eigenvalue weighted by Crippen LogP contribution is -2.43. The Balaban J connectivity index is 1.92. The van der Waals surface area contributed by atoms with Gasteiger partial charge < -0.3 is 19.5 Å². The van der Waals surface area contributed by atoms with E-state index in [0.717, 1.165) is 35.7 Å². The average molecular weight is 327 g/mol. The van der Waals surface area contributed by atoms with Gasteiger partial charge in [-0.15, -0.1) is 0 Å².